The smallest absolute Gasteiger partial charge is 0.225 e. The number of aryl methyl sites for hydroxylation is 1. The maximum atomic E-state index is 6.34. The summed E-state index contributed by atoms with van der Waals surface area (Å²) < 4.78 is 0. The van der Waals surface area contributed by atoms with Crippen LogP contribution in [0.2, 0.25) is 5.28 Å². The molecule has 2 heterocycles. The fourth-order valence-electron chi connectivity index (χ4n) is 3.51. The Bertz CT molecular complexity index is 1090. The quantitative estimate of drug-likeness (QED) is 0.343. The van der Waals surface area contributed by atoms with Gasteiger partial charge in [-0.25, -0.2) is 4.98 Å². The number of benzene rings is 2. The molecule has 0 saturated heterocycles. The minimum atomic E-state index is 0.262. The number of anilines is 1. The SMILES string of the molecule is Cc1sc2nc(Cl)nc(N(Cc3ccccc3)C(C)C)c2c1-c1ccccc1. The molecule has 0 N–H and O–H groups in total. The lowest BCUT2D eigenvalue weighted by Gasteiger charge is -2.29. The predicted molar refractivity (Wildman–Crippen MR) is 120 cm³/mol. The highest BCUT2D eigenvalue weighted by molar-refractivity contribution is 7.19. The van der Waals surface area contributed by atoms with Crippen LogP contribution in [0.1, 0.15) is 24.3 Å². The van der Waals surface area contributed by atoms with Gasteiger partial charge >= 0.3 is 0 Å². The van der Waals surface area contributed by atoms with E-state index in [1.165, 1.54) is 21.6 Å². The number of nitrogens with zero attached hydrogens (tertiary/aromatic N) is 3. The van der Waals surface area contributed by atoms with E-state index in [0.717, 1.165) is 22.6 Å². The molecular formula is C23H22ClN3S. The number of halogens is 1. The van der Waals surface area contributed by atoms with Gasteiger partial charge in [-0.3, -0.25) is 0 Å². The van der Waals surface area contributed by atoms with Gasteiger partial charge in [0.05, 0.1) is 5.39 Å². The first-order valence-corrected chi connectivity index (χ1v) is 10.6. The zero-order valence-electron chi connectivity index (χ0n) is 16.2. The monoisotopic (exact) mass is 407 g/mol. The summed E-state index contributed by atoms with van der Waals surface area (Å²) in [6, 6.07) is 21.2. The molecule has 142 valence electrons. The molecule has 0 bridgehead atoms. The van der Waals surface area contributed by atoms with Gasteiger partial charge in [0, 0.05) is 23.0 Å². The second kappa shape index (κ2) is 7.90. The fourth-order valence-corrected chi connectivity index (χ4v) is 4.76. The molecule has 0 radical (unpaired) electrons. The number of hydrogen-bond donors (Lipinski definition) is 0. The molecule has 0 fully saturated rings. The van der Waals surface area contributed by atoms with Gasteiger partial charge in [0.2, 0.25) is 5.28 Å². The van der Waals surface area contributed by atoms with Gasteiger partial charge in [0.1, 0.15) is 10.6 Å². The average molecular weight is 408 g/mol. The van der Waals surface area contributed by atoms with Crippen LogP contribution in [-0.4, -0.2) is 16.0 Å². The molecule has 0 spiro atoms. The minimum absolute atomic E-state index is 0.262. The van der Waals surface area contributed by atoms with Gasteiger partial charge in [-0.2, -0.15) is 4.98 Å². The standard InChI is InChI=1S/C23H22ClN3S/c1-15(2)27(14-17-10-6-4-7-11-17)21-20-19(18-12-8-5-9-13-18)16(3)28-22(20)26-23(24)25-21/h4-13,15H,14H2,1-3H3. The number of aromatic nitrogens is 2. The van der Waals surface area contributed by atoms with E-state index in [9.17, 15) is 0 Å². The average Bonchev–Trinajstić information content (AvgIpc) is 3.02. The zero-order valence-corrected chi connectivity index (χ0v) is 17.8. The summed E-state index contributed by atoms with van der Waals surface area (Å²) in [4.78, 5) is 13.7. The van der Waals surface area contributed by atoms with Gasteiger partial charge in [0.25, 0.3) is 0 Å². The molecule has 28 heavy (non-hydrogen) atoms. The summed E-state index contributed by atoms with van der Waals surface area (Å²) >= 11 is 8.02. The molecule has 0 aliphatic carbocycles. The first-order valence-electron chi connectivity index (χ1n) is 9.37. The van der Waals surface area contributed by atoms with Crippen molar-refractivity contribution >= 4 is 39.0 Å². The van der Waals surface area contributed by atoms with E-state index in [1.807, 2.05) is 12.1 Å². The Morgan fingerprint density at radius 3 is 2.25 bits per heavy atom. The Morgan fingerprint density at radius 2 is 1.61 bits per heavy atom. The molecule has 5 heteroatoms. The largest absolute Gasteiger partial charge is 0.349 e. The lowest BCUT2D eigenvalue weighted by atomic mass is 10.0. The first-order chi connectivity index (χ1) is 13.5. The first kappa shape index (κ1) is 18.9. The molecule has 0 saturated carbocycles. The molecule has 2 aromatic heterocycles. The summed E-state index contributed by atoms with van der Waals surface area (Å²) in [6.45, 7) is 7.28. The van der Waals surface area contributed by atoms with Crippen LogP contribution in [0.4, 0.5) is 5.82 Å². The van der Waals surface area contributed by atoms with Crippen molar-refractivity contribution < 1.29 is 0 Å². The molecule has 0 unspecified atom stereocenters. The van der Waals surface area contributed by atoms with Crippen LogP contribution in [0, 0.1) is 6.92 Å². The van der Waals surface area contributed by atoms with Crippen LogP contribution < -0.4 is 4.90 Å². The van der Waals surface area contributed by atoms with Crippen LogP contribution >= 0.6 is 22.9 Å². The Labute approximate surface area is 174 Å². The number of thiophene rings is 1. The molecule has 3 nitrogen and oxygen atoms in total. The third-order valence-corrected chi connectivity index (χ3v) is 6.00. The highest BCUT2D eigenvalue weighted by Gasteiger charge is 2.23. The maximum absolute atomic E-state index is 6.34. The molecule has 0 atom stereocenters. The highest BCUT2D eigenvalue weighted by atomic mass is 35.5. The van der Waals surface area contributed by atoms with Crippen molar-refractivity contribution in [2.45, 2.75) is 33.4 Å². The normalized spacial score (nSPS) is 11.3. The highest BCUT2D eigenvalue weighted by Crippen LogP contribution is 2.42. The van der Waals surface area contributed by atoms with Crippen molar-refractivity contribution in [3.8, 4) is 11.1 Å². The summed E-state index contributed by atoms with van der Waals surface area (Å²) in [5, 5.41) is 1.38. The van der Waals surface area contributed by atoms with Crippen molar-refractivity contribution in [3.63, 3.8) is 0 Å². The number of rotatable bonds is 5. The second-order valence-electron chi connectivity index (χ2n) is 7.10. The number of hydrogen-bond acceptors (Lipinski definition) is 4. The van der Waals surface area contributed by atoms with E-state index < -0.39 is 0 Å². The van der Waals surface area contributed by atoms with Crippen molar-refractivity contribution in [2.24, 2.45) is 0 Å². The van der Waals surface area contributed by atoms with Gasteiger partial charge in [-0.05, 0) is 43.5 Å². The summed E-state index contributed by atoms with van der Waals surface area (Å²) in [7, 11) is 0. The van der Waals surface area contributed by atoms with Crippen LogP contribution in [0.15, 0.2) is 60.7 Å². The summed E-state index contributed by atoms with van der Waals surface area (Å²) in [5.41, 5.74) is 3.63. The van der Waals surface area contributed by atoms with Crippen molar-refractivity contribution in [1.82, 2.24) is 9.97 Å². The molecule has 0 aliphatic rings. The van der Waals surface area contributed by atoms with Crippen LogP contribution in [0.5, 0.6) is 0 Å². The maximum Gasteiger partial charge on any atom is 0.225 e. The van der Waals surface area contributed by atoms with E-state index >= 15 is 0 Å². The molecule has 4 rings (SSSR count). The van der Waals surface area contributed by atoms with Gasteiger partial charge in [-0.15, -0.1) is 11.3 Å². The summed E-state index contributed by atoms with van der Waals surface area (Å²) in [5.74, 6) is 0.900. The number of fused-ring (bicyclic) bond motifs is 1. The summed E-state index contributed by atoms with van der Waals surface area (Å²) in [6.07, 6.45) is 0. The van der Waals surface area contributed by atoms with Crippen molar-refractivity contribution in [3.05, 3.63) is 76.4 Å². The van der Waals surface area contributed by atoms with Gasteiger partial charge in [0.15, 0.2) is 0 Å². The van der Waals surface area contributed by atoms with Crippen LogP contribution in [0.25, 0.3) is 21.3 Å². The minimum Gasteiger partial charge on any atom is -0.349 e. The van der Waals surface area contributed by atoms with Gasteiger partial charge < -0.3 is 4.90 Å². The van der Waals surface area contributed by atoms with Crippen LogP contribution in [-0.2, 0) is 6.54 Å². The van der Waals surface area contributed by atoms with Crippen LogP contribution in [0.3, 0.4) is 0 Å². The Hall–Kier alpha value is -2.43. The molecular weight excluding hydrogens is 386 g/mol. The Balaban J connectivity index is 1.94. The lowest BCUT2D eigenvalue weighted by Crippen LogP contribution is -2.31. The molecule has 0 amide bonds. The Kier molecular flexibility index (Phi) is 5.33. The molecule has 4 aromatic rings. The van der Waals surface area contributed by atoms with E-state index in [0.29, 0.717) is 5.28 Å². The third kappa shape index (κ3) is 3.62. The third-order valence-electron chi connectivity index (χ3n) is 4.83. The van der Waals surface area contributed by atoms with E-state index in [2.05, 4.69) is 79.2 Å². The van der Waals surface area contributed by atoms with E-state index in [1.54, 1.807) is 11.3 Å². The fraction of sp³-hybridized carbons (Fsp3) is 0.217. The van der Waals surface area contributed by atoms with E-state index in [-0.39, 0.29) is 6.04 Å². The Morgan fingerprint density at radius 1 is 0.964 bits per heavy atom. The van der Waals surface area contributed by atoms with Crippen molar-refractivity contribution in [2.75, 3.05) is 4.90 Å². The lowest BCUT2D eigenvalue weighted by molar-refractivity contribution is 0.675. The second-order valence-corrected chi connectivity index (χ2v) is 8.64. The predicted octanol–water partition coefficient (Wildman–Crippen LogP) is 6.74. The molecule has 2 aromatic carbocycles. The van der Waals surface area contributed by atoms with E-state index in [4.69, 9.17) is 16.6 Å². The van der Waals surface area contributed by atoms with Gasteiger partial charge in [-0.1, -0.05) is 60.7 Å². The topological polar surface area (TPSA) is 29.0 Å². The van der Waals surface area contributed by atoms with Crippen molar-refractivity contribution in [1.29, 1.82) is 0 Å². The molecule has 0 aliphatic heterocycles. The zero-order chi connectivity index (χ0) is 19.7.